The van der Waals surface area contributed by atoms with Crippen molar-refractivity contribution in [1.29, 1.82) is 5.26 Å². The summed E-state index contributed by atoms with van der Waals surface area (Å²) in [5.74, 6) is 2.04. The number of nitriles is 1. The Hall–Kier alpha value is -3.07. The van der Waals surface area contributed by atoms with E-state index in [1.807, 2.05) is 34.9 Å². The van der Waals surface area contributed by atoms with Crippen molar-refractivity contribution in [3.8, 4) is 29.1 Å². The maximum absolute atomic E-state index is 9.13. The van der Waals surface area contributed by atoms with Crippen molar-refractivity contribution >= 4 is 11.0 Å². The third-order valence-corrected chi connectivity index (χ3v) is 3.54. The summed E-state index contributed by atoms with van der Waals surface area (Å²) in [6, 6.07) is 11.5. The normalized spacial score (nSPS) is 13.0. The summed E-state index contributed by atoms with van der Waals surface area (Å²) in [6.45, 7) is 1.25. The second-order valence-electron chi connectivity index (χ2n) is 4.88. The van der Waals surface area contributed by atoms with Crippen LogP contribution in [-0.4, -0.2) is 27.7 Å². The van der Waals surface area contributed by atoms with Gasteiger partial charge in [0.1, 0.15) is 25.5 Å². The first-order valence-electron chi connectivity index (χ1n) is 6.95. The minimum atomic E-state index is 0.196. The average Bonchev–Trinajstić information content (AvgIpc) is 2.92. The highest BCUT2D eigenvalue weighted by molar-refractivity contribution is 5.84. The Labute approximate surface area is 126 Å². The topological polar surface area (TPSA) is 73.0 Å². The van der Waals surface area contributed by atoms with Gasteiger partial charge >= 0.3 is 0 Å². The zero-order valence-corrected chi connectivity index (χ0v) is 11.7. The maximum Gasteiger partial charge on any atom is 0.163 e. The number of fused-ring (bicyclic) bond motifs is 2. The second kappa shape index (κ2) is 5.04. The number of aromatic nitrogens is 3. The van der Waals surface area contributed by atoms with Gasteiger partial charge in [-0.1, -0.05) is 6.07 Å². The van der Waals surface area contributed by atoms with Gasteiger partial charge in [0.25, 0.3) is 0 Å². The molecular weight excluding hydrogens is 280 g/mol. The first-order valence-corrected chi connectivity index (χ1v) is 6.95. The van der Waals surface area contributed by atoms with Crippen molar-refractivity contribution in [1.82, 2.24) is 14.5 Å². The van der Waals surface area contributed by atoms with E-state index in [9.17, 15) is 0 Å². The Morgan fingerprint density at radius 3 is 2.73 bits per heavy atom. The zero-order valence-electron chi connectivity index (χ0n) is 11.7. The molecular formula is C16H12N4O2. The van der Waals surface area contributed by atoms with Gasteiger partial charge in [0, 0.05) is 18.3 Å². The van der Waals surface area contributed by atoms with Crippen LogP contribution in [0, 0.1) is 11.3 Å². The fourth-order valence-corrected chi connectivity index (χ4v) is 2.58. The lowest BCUT2D eigenvalue weighted by atomic mass is 10.2. The van der Waals surface area contributed by atoms with Crippen molar-refractivity contribution in [2.45, 2.75) is 6.54 Å². The molecule has 0 unspecified atom stereocenters. The first kappa shape index (κ1) is 12.7. The molecule has 4 rings (SSSR count). The number of imidazole rings is 1. The number of hydrogen-bond acceptors (Lipinski definition) is 5. The Morgan fingerprint density at radius 1 is 1.18 bits per heavy atom. The Morgan fingerprint density at radius 2 is 2.00 bits per heavy atom. The van der Waals surface area contributed by atoms with Crippen LogP contribution in [0.15, 0.2) is 36.5 Å². The van der Waals surface area contributed by atoms with E-state index in [2.05, 4.69) is 16.0 Å². The highest BCUT2D eigenvalue weighted by atomic mass is 16.6. The van der Waals surface area contributed by atoms with Crippen LogP contribution in [-0.2, 0) is 6.54 Å². The summed E-state index contributed by atoms with van der Waals surface area (Å²) in [4.78, 5) is 8.95. The molecule has 6 heteroatoms. The molecule has 0 bridgehead atoms. The Kier molecular flexibility index (Phi) is 2.90. The van der Waals surface area contributed by atoms with E-state index >= 15 is 0 Å². The van der Waals surface area contributed by atoms with E-state index in [1.54, 1.807) is 6.20 Å². The molecule has 22 heavy (non-hydrogen) atoms. The van der Waals surface area contributed by atoms with E-state index in [0.29, 0.717) is 30.5 Å². The monoisotopic (exact) mass is 292 g/mol. The number of nitrogens with zero attached hydrogens (tertiary/aromatic N) is 4. The predicted molar refractivity (Wildman–Crippen MR) is 79.6 cm³/mol. The van der Waals surface area contributed by atoms with Crippen LogP contribution in [0.2, 0.25) is 0 Å². The lowest BCUT2D eigenvalue weighted by Gasteiger charge is -2.18. The maximum atomic E-state index is 9.13. The van der Waals surface area contributed by atoms with Crippen LogP contribution in [0.1, 0.15) is 0 Å². The smallest absolute Gasteiger partial charge is 0.163 e. The van der Waals surface area contributed by atoms with Crippen molar-refractivity contribution in [3.63, 3.8) is 0 Å². The molecule has 0 saturated carbocycles. The van der Waals surface area contributed by atoms with E-state index in [0.717, 1.165) is 16.7 Å². The summed E-state index contributed by atoms with van der Waals surface area (Å²) >= 11 is 0. The van der Waals surface area contributed by atoms with Crippen LogP contribution >= 0.6 is 0 Å². The van der Waals surface area contributed by atoms with Crippen molar-refractivity contribution < 1.29 is 9.47 Å². The molecule has 108 valence electrons. The van der Waals surface area contributed by atoms with Crippen molar-refractivity contribution in [2.75, 3.05) is 13.2 Å². The lowest BCUT2D eigenvalue weighted by Crippen LogP contribution is -2.15. The van der Waals surface area contributed by atoms with Gasteiger partial charge in [-0.3, -0.25) is 4.98 Å². The fraction of sp³-hybridized carbons (Fsp3) is 0.188. The molecule has 0 radical (unpaired) electrons. The van der Waals surface area contributed by atoms with E-state index in [1.165, 1.54) is 0 Å². The minimum absolute atomic E-state index is 0.196. The number of hydrogen-bond donors (Lipinski definition) is 0. The minimum Gasteiger partial charge on any atom is -0.486 e. The van der Waals surface area contributed by atoms with Gasteiger partial charge < -0.3 is 14.0 Å². The highest BCUT2D eigenvalue weighted by Gasteiger charge is 2.19. The Bertz CT molecular complexity index is 881. The quantitative estimate of drug-likeness (QED) is 0.725. The summed E-state index contributed by atoms with van der Waals surface area (Å²) in [7, 11) is 0. The highest BCUT2D eigenvalue weighted by Crippen LogP contribution is 2.36. The molecule has 0 saturated heterocycles. The largest absolute Gasteiger partial charge is 0.486 e. The summed E-state index contributed by atoms with van der Waals surface area (Å²) in [6.07, 6.45) is 1.71. The van der Waals surface area contributed by atoms with Crippen LogP contribution in [0.5, 0.6) is 11.5 Å². The van der Waals surface area contributed by atoms with Gasteiger partial charge in [-0.05, 0) is 12.1 Å². The molecule has 0 atom stereocenters. The number of pyridine rings is 1. The molecule has 1 aliphatic heterocycles. The molecule has 0 N–H and O–H groups in total. The predicted octanol–water partition coefficient (Wildman–Crippen LogP) is 2.39. The van der Waals surface area contributed by atoms with Crippen LogP contribution in [0.25, 0.3) is 22.6 Å². The molecule has 3 aromatic rings. The third-order valence-electron chi connectivity index (χ3n) is 3.54. The molecule has 0 aliphatic carbocycles. The molecule has 0 amide bonds. The lowest BCUT2D eigenvalue weighted by molar-refractivity contribution is 0.172. The zero-order chi connectivity index (χ0) is 14.9. The standard InChI is InChI=1S/C16H12N4O2/c17-4-6-20-13-10-15-14(21-7-8-22-15)9-12(13)19-16(20)11-3-1-2-5-18-11/h1-3,5,9-10H,6-8H2. The fourth-order valence-electron chi connectivity index (χ4n) is 2.58. The van der Waals surface area contributed by atoms with Gasteiger partial charge in [-0.2, -0.15) is 5.26 Å². The van der Waals surface area contributed by atoms with E-state index in [4.69, 9.17) is 14.7 Å². The number of rotatable bonds is 2. The van der Waals surface area contributed by atoms with Crippen LogP contribution < -0.4 is 9.47 Å². The van der Waals surface area contributed by atoms with Gasteiger partial charge in [-0.15, -0.1) is 0 Å². The van der Waals surface area contributed by atoms with Crippen molar-refractivity contribution in [3.05, 3.63) is 36.5 Å². The molecule has 0 spiro atoms. The van der Waals surface area contributed by atoms with Gasteiger partial charge in [0.2, 0.25) is 0 Å². The van der Waals surface area contributed by atoms with Gasteiger partial charge in [0.05, 0.1) is 17.1 Å². The second-order valence-corrected chi connectivity index (χ2v) is 4.88. The third kappa shape index (κ3) is 1.95. The average molecular weight is 292 g/mol. The molecule has 0 fully saturated rings. The van der Waals surface area contributed by atoms with Crippen LogP contribution in [0.3, 0.4) is 0 Å². The summed E-state index contributed by atoms with van der Waals surface area (Å²) < 4.78 is 13.0. The molecule has 6 nitrogen and oxygen atoms in total. The molecule has 3 heterocycles. The van der Waals surface area contributed by atoms with Crippen molar-refractivity contribution in [2.24, 2.45) is 0 Å². The van der Waals surface area contributed by atoms with E-state index < -0.39 is 0 Å². The molecule has 1 aromatic carbocycles. The SMILES string of the molecule is N#CCn1c(-c2ccccn2)nc2cc3c(cc21)OCCO3. The summed E-state index contributed by atoms with van der Waals surface area (Å²) in [5.41, 5.74) is 2.33. The van der Waals surface area contributed by atoms with E-state index in [-0.39, 0.29) is 6.54 Å². The number of benzene rings is 1. The van der Waals surface area contributed by atoms with Gasteiger partial charge in [0.15, 0.2) is 17.3 Å². The number of ether oxygens (including phenoxy) is 2. The summed E-state index contributed by atoms with van der Waals surface area (Å²) in [5, 5.41) is 9.13. The van der Waals surface area contributed by atoms with Gasteiger partial charge in [-0.25, -0.2) is 4.98 Å². The molecule has 2 aromatic heterocycles. The van der Waals surface area contributed by atoms with Crippen LogP contribution in [0.4, 0.5) is 0 Å². The first-order chi connectivity index (χ1) is 10.9. The Balaban J connectivity index is 1.97. The molecule has 1 aliphatic rings.